The second-order valence-corrected chi connectivity index (χ2v) is 13.2. The monoisotopic (exact) mass is 757 g/mol. The number of nitrogens with zero attached hydrogens (tertiary/aromatic N) is 1. The van der Waals surface area contributed by atoms with E-state index >= 15 is 0 Å². The summed E-state index contributed by atoms with van der Waals surface area (Å²) < 4.78 is 0. The smallest absolute Gasteiger partial charge is 0.326 e. The molecule has 22 nitrogen and oxygen atoms in total. The number of carbonyl (C=O) groups is 8. The predicted molar refractivity (Wildman–Crippen MR) is 187 cm³/mol. The van der Waals surface area contributed by atoms with Gasteiger partial charge in [-0.1, -0.05) is 13.8 Å². The normalized spacial score (nSPS) is 18.1. The van der Waals surface area contributed by atoms with Crippen molar-refractivity contribution in [3.05, 3.63) is 0 Å². The lowest BCUT2D eigenvalue weighted by atomic mass is 10.0. The minimum atomic E-state index is -1.53. The Kier molecular flexibility index (Phi) is 19.7. The number of aliphatic carboxylic acids is 1. The zero-order chi connectivity index (χ0) is 40.4. The van der Waals surface area contributed by atoms with E-state index in [4.69, 9.17) is 22.6 Å². The molecule has 0 bridgehead atoms. The lowest BCUT2D eigenvalue weighted by molar-refractivity contribution is -0.144. The zero-order valence-corrected chi connectivity index (χ0v) is 30.2. The van der Waals surface area contributed by atoms with E-state index in [0.29, 0.717) is 19.4 Å². The van der Waals surface area contributed by atoms with Gasteiger partial charge in [0, 0.05) is 25.9 Å². The first kappa shape index (κ1) is 45.9. The van der Waals surface area contributed by atoms with Gasteiger partial charge >= 0.3 is 5.97 Å². The van der Waals surface area contributed by atoms with E-state index in [2.05, 4.69) is 31.9 Å². The number of unbranched alkanes of at least 4 members (excludes halogenated alkanes) is 1. The molecule has 0 aliphatic carbocycles. The summed E-state index contributed by atoms with van der Waals surface area (Å²) in [5.41, 5.74) is 16.3. The maximum Gasteiger partial charge on any atom is 0.326 e. The Morgan fingerprint density at radius 1 is 0.830 bits per heavy atom. The summed E-state index contributed by atoms with van der Waals surface area (Å²) in [7, 11) is 0. The Hall–Kier alpha value is -5.09. The highest BCUT2D eigenvalue weighted by Gasteiger charge is 2.40. The van der Waals surface area contributed by atoms with Crippen LogP contribution >= 0.6 is 0 Å². The van der Waals surface area contributed by atoms with Crippen molar-refractivity contribution in [2.45, 2.75) is 108 Å². The van der Waals surface area contributed by atoms with Crippen LogP contribution in [0.15, 0.2) is 0 Å². The van der Waals surface area contributed by atoms with Gasteiger partial charge in [-0.25, -0.2) is 4.79 Å². The summed E-state index contributed by atoms with van der Waals surface area (Å²) in [5, 5.41) is 50.9. The highest BCUT2D eigenvalue weighted by molar-refractivity contribution is 5.96. The third kappa shape index (κ3) is 16.9. The summed E-state index contributed by atoms with van der Waals surface area (Å²) in [6.45, 7) is 3.47. The van der Waals surface area contributed by atoms with Gasteiger partial charge in [-0.15, -0.1) is 0 Å². The van der Waals surface area contributed by atoms with Crippen LogP contribution in [0, 0.1) is 11.3 Å². The molecule has 1 aliphatic rings. The minimum absolute atomic E-state index is 0.0730. The Bertz CT molecular complexity index is 1330. The van der Waals surface area contributed by atoms with Gasteiger partial charge < -0.3 is 69.3 Å². The molecule has 1 aliphatic heterocycles. The first-order valence-corrected chi connectivity index (χ1v) is 17.2. The van der Waals surface area contributed by atoms with Crippen LogP contribution in [-0.4, -0.2) is 142 Å². The number of carboxylic acid groups (broad SMARTS) is 1. The van der Waals surface area contributed by atoms with Crippen LogP contribution in [0.5, 0.6) is 0 Å². The molecule has 0 aromatic carbocycles. The van der Waals surface area contributed by atoms with Crippen LogP contribution in [0.4, 0.5) is 0 Å². The zero-order valence-electron chi connectivity index (χ0n) is 30.2. The molecule has 300 valence electrons. The molecule has 1 rings (SSSR count). The van der Waals surface area contributed by atoms with E-state index in [-0.39, 0.29) is 50.5 Å². The summed E-state index contributed by atoms with van der Waals surface area (Å²) in [4.78, 5) is 101. The second-order valence-electron chi connectivity index (χ2n) is 13.2. The number of β-amino-alcohol motifs (C(OH)–C–C–N with tert-alkyl or cyclic N) is 1. The van der Waals surface area contributed by atoms with Crippen molar-refractivity contribution in [3.8, 4) is 0 Å². The molecule has 7 atom stereocenters. The van der Waals surface area contributed by atoms with Crippen molar-refractivity contribution in [2.24, 2.45) is 23.1 Å². The largest absolute Gasteiger partial charge is 0.480 e. The van der Waals surface area contributed by atoms with E-state index in [9.17, 15) is 53.7 Å². The fraction of sp³-hybridized carbons (Fsp3) is 0.710. The third-order valence-electron chi connectivity index (χ3n) is 8.11. The molecule has 1 saturated heterocycles. The number of nitrogens with two attached hydrogens (primary N) is 3. The molecule has 16 N–H and O–H groups in total. The minimum Gasteiger partial charge on any atom is -0.480 e. The predicted octanol–water partition coefficient (Wildman–Crippen LogP) is -5.61. The van der Waals surface area contributed by atoms with Gasteiger partial charge in [0.2, 0.25) is 41.4 Å². The summed E-state index contributed by atoms with van der Waals surface area (Å²) in [5.74, 6) is -7.36. The Morgan fingerprint density at radius 2 is 1.45 bits per heavy atom. The van der Waals surface area contributed by atoms with Gasteiger partial charge in [-0.3, -0.25) is 39.0 Å². The molecule has 22 heteroatoms. The Morgan fingerprint density at radius 3 is 2.02 bits per heavy atom. The average molecular weight is 758 g/mol. The maximum absolute atomic E-state index is 13.1. The van der Waals surface area contributed by atoms with E-state index in [1.165, 1.54) is 6.92 Å². The van der Waals surface area contributed by atoms with Crippen molar-refractivity contribution in [1.82, 2.24) is 36.8 Å². The van der Waals surface area contributed by atoms with E-state index in [0.717, 1.165) is 4.90 Å². The molecule has 53 heavy (non-hydrogen) atoms. The molecule has 7 amide bonds. The van der Waals surface area contributed by atoms with Crippen LogP contribution in [0.3, 0.4) is 0 Å². The first-order valence-electron chi connectivity index (χ1n) is 17.2. The first-order chi connectivity index (χ1) is 24.8. The molecular weight excluding hydrogens is 702 g/mol. The molecular formula is C31H55N11O11. The average Bonchev–Trinajstić information content (AvgIpc) is 3.47. The van der Waals surface area contributed by atoms with Gasteiger partial charge in [0.15, 0.2) is 5.96 Å². The van der Waals surface area contributed by atoms with Crippen molar-refractivity contribution in [2.75, 3.05) is 26.2 Å². The number of hydrogen-bond acceptors (Lipinski definition) is 12. The number of likely N-dealkylation sites (tertiary alicyclic amines) is 1. The SMILES string of the molecule is CC(C)C[C@H](NC(=O)[C@@H](N)CCCCNC(=N)N)C(=O)N[C@@H](CO)C(=O)N[C@@H](C)C(=O)NCC(=O)N1C[C@H](O)C[C@H]1C(=O)N[C@@H](CCC(N)=O)C(=O)O. The van der Waals surface area contributed by atoms with Crippen LogP contribution in [0.1, 0.15) is 65.7 Å². The summed E-state index contributed by atoms with van der Waals surface area (Å²) in [6, 6.07) is -7.64. The Balaban J connectivity index is 2.76. The molecule has 0 radical (unpaired) electrons. The quantitative estimate of drug-likeness (QED) is 0.0263. The van der Waals surface area contributed by atoms with Gasteiger partial charge in [0.05, 0.1) is 25.3 Å². The number of aliphatic hydroxyl groups excluding tert-OH is 2. The molecule has 0 aromatic heterocycles. The van der Waals surface area contributed by atoms with Crippen molar-refractivity contribution >= 4 is 53.3 Å². The highest BCUT2D eigenvalue weighted by atomic mass is 16.4. The molecule has 0 aromatic rings. The maximum atomic E-state index is 13.1. The number of carboxylic acids is 1. The van der Waals surface area contributed by atoms with Gasteiger partial charge in [-0.05, 0) is 44.9 Å². The number of primary amides is 1. The topological polar surface area (TPSA) is 375 Å². The fourth-order valence-electron chi connectivity index (χ4n) is 5.24. The number of aliphatic hydroxyl groups is 2. The van der Waals surface area contributed by atoms with Crippen LogP contribution in [0.25, 0.3) is 0 Å². The number of rotatable bonds is 23. The lowest BCUT2D eigenvalue weighted by Gasteiger charge is -2.26. The number of guanidine groups is 1. The summed E-state index contributed by atoms with van der Waals surface area (Å²) in [6.07, 6.45) is -0.370. The van der Waals surface area contributed by atoms with E-state index < -0.39 is 103 Å². The standard InChI is InChI=1S/C31H55N11O11/c1-15(2)10-20(40-26(48)18(32)6-4-5-9-36-31(34)35)27(49)41-21(14-43)28(50)38-16(3)25(47)37-12-24(46)42-13-17(44)11-22(42)29(51)39-19(30(52)53)7-8-23(33)45/h15-22,43-44H,4-14,32H2,1-3H3,(H2,33,45)(H,37,47)(H,38,50)(H,39,51)(H,40,48)(H,41,49)(H,52,53)(H4,34,35,36)/t16-,17+,18-,19-,20-,21-,22-/m0/s1. The van der Waals surface area contributed by atoms with Crippen LogP contribution < -0.4 is 49.1 Å². The van der Waals surface area contributed by atoms with Crippen molar-refractivity contribution in [3.63, 3.8) is 0 Å². The molecule has 0 unspecified atom stereocenters. The fourth-order valence-corrected chi connectivity index (χ4v) is 5.24. The number of hydrogen-bond donors (Lipinski definition) is 13. The van der Waals surface area contributed by atoms with Crippen molar-refractivity contribution in [1.29, 1.82) is 5.41 Å². The van der Waals surface area contributed by atoms with Gasteiger partial charge in [-0.2, -0.15) is 0 Å². The summed E-state index contributed by atoms with van der Waals surface area (Å²) >= 11 is 0. The highest BCUT2D eigenvalue weighted by Crippen LogP contribution is 2.19. The van der Waals surface area contributed by atoms with Gasteiger partial charge in [0.25, 0.3) is 0 Å². The molecule has 1 heterocycles. The second kappa shape index (κ2) is 22.8. The van der Waals surface area contributed by atoms with Crippen LogP contribution in [0.2, 0.25) is 0 Å². The number of nitrogens with one attached hydrogen (secondary N) is 7. The van der Waals surface area contributed by atoms with E-state index in [1.807, 2.05) is 0 Å². The third-order valence-corrected chi connectivity index (χ3v) is 8.11. The number of carbonyl (C=O) groups excluding carboxylic acids is 7. The molecule has 1 fully saturated rings. The molecule has 0 spiro atoms. The number of amides is 7. The van der Waals surface area contributed by atoms with E-state index in [1.54, 1.807) is 13.8 Å². The van der Waals surface area contributed by atoms with Crippen LogP contribution in [-0.2, 0) is 38.4 Å². The lowest BCUT2D eigenvalue weighted by Crippen LogP contribution is -2.58. The Labute approximate surface area is 306 Å². The van der Waals surface area contributed by atoms with Gasteiger partial charge in [0.1, 0.15) is 30.2 Å². The molecule has 0 saturated carbocycles. The van der Waals surface area contributed by atoms with Crippen molar-refractivity contribution < 1.29 is 53.7 Å².